The molecule has 19 heavy (non-hydrogen) atoms. The number of hydrogen-bond acceptors (Lipinski definition) is 4. The van der Waals surface area contributed by atoms with Gasteiger partial charge in [-0.1, -0.05) is 18.2 Å². The van der Waals surface area contributed by atoms with Crippen LogP contribution in [0.2, 0.25) is 0 Å². The molecule has 3 rings (SSSR count). The van der Waals surface area contributed by atoms with Crippen molar-refractivity contribution in [2.45, 2.75) is 57.0 Å². The van der Waals surface area contributed by atoms with Gasteiger partial charge in [-0.25, -0.2) is 4.79 Å². The zero-order valence-electron chi connectivity index (χ0n) is 11.4. The summed E-state index contributed by atoms with van der Waals surface area (Å²) in [6, 6.07) is 0. The van der Waals surface area contributed by atoms with E-state index in [-0.39, 0.29) is 23.7 Å². The van der Waals surface area contributed by atoms with Gasteiger partial charge in [0, 0.05) is 5.57 Å². The van der Waals surface area contributed by atoms with E-state index in [1.807, 2.05) is 13.8 Å². The molecule has 2 saturated heterocycles. The van der Waals surface area contributed by atoms with Gasteiger partial charge in [-0.3, -0.25) is 0 Å². The molecule has 1 N–H and O–H groups in total. The average molecular weight is 264 g/mol. The number of allylic oxidation sites excluding steroid dienone is 1. The third-order valence-corrected chi connectivity index (χ3v) is 4.58. The maximum Gasteiger partial charge on any atom is 0.334 e. The van der Waals surface area contributed by atoms with Gasteiger partial charge in [-0.15, -0.1) is 0 Å². The van der Waals surface area contributed by atoms with Crippen molar-refractivity contribution in [2.24, 2.45) is 5.92 Å². The summed E-state index contributed by atoms with van der Waals surface area (Å²) in [5.41, 5.74) is 1.28. The summed E-state index contributed by atoms with van der Waals surface area (Å²) in [5.74, 6) is -0.742. The summed E-state index contributed by atoms with van der Waals surface area (Å²) in [7, 11) is 0. The van der Waals surface area contributed by atoms with Gasteiger partial charge in [0.05, 0.1) is 17.6 Å². The zero-order valence-corrected chi connectivity index (χ0v) is 11.4. The van der Waals surface area contributed by atoms with Crippen LogP contribution >= 0.6 is 0 Å². The number of hydrogen-bond donors (Lipinski definition) is 1. The van der Waals surface area contributed by atoms with Gasteiger partial charge in [-0.05, 0) is 33.1 Å². The number of aliphatic hydroxyl groups is 1. The number of rotatable bonds is 0. The lowest BCUT2D eigenvalue weighted by molar-refractivity contribution is -0.140. The summed E-state index contributed by atoms with van der Waals surface area (Å²) >= 11 is 0. The standard InChI is InChI=1S/C15H20O4/c1-8-5-4-6-15(3)13(19-15)12-11(10(16)7-8)9(2)14(17)18-12/h5,10-13,16H,2,4,6-7H2,1,3H3/b8-5+/t10-,11+,12-,13-,15+/m0/s1. The molecular formula is C15H20O4. The van der Waals surface area contributed by atoms with E-state index in [0.717, 1.165) is 18.4 Å². The predicted molar refractivity (Wildman–Crippen MR) is 69.4 cm³/mol. The highest BCUT2D eigenvalue weighted by Gasteiger charge is 2.62. The number of esters is 1. The van der Waals surface area contributed by atoms with Crippen molar-refractivity contribution in [1.82, 2.24) is 0 Å². The monoisotopic (exact) mass is 264 g/mol. The highest BCUT2D eigenvalue weighted by molar-refractivity contribution is 5.91. The molecule has 104 valence electrons. The van der Waals surface area contributed by atoms with Crippen LogP contribution in [0.1, 0.15) is 33.1 Å². The third kappa shape index (κ3) is 2.03. The van der Waals surface area contributed by atoms with Gasteiger partial charge in [0.2, 0.25) is 0 Å². The molecule has 0 amide bonds. The highest BCUT2D eigenvalue weighted by atomic mass is 16.6. The van der Waals surface area contributed by atoms with Crippen molar-refractivity contribution in [2.75, 3.05) is 0 Å². The molecular weight excluding hydrogens is 244 g/mol. The lowest BCUT2D eigenvalue weighted by Gasteiger charge is -2.24. The van der Waals surface area contributed by atoms with Crippen LogP contribution in [-0.2, 0) is 14.3 Å². The Morgan fingerprint density at radius 1 is 1.53 bits per heavy atom. The van der Waals surface area contributed by atoms with Crippen molar-refractivity contribution in [3.05, 3.63) is 23.8 Å². The molecule has 0 bridgehead atoms. The number of carbonyl (C=O) groups excluding carboxylic acids is 1. The lowest BCUT2D eigenvalue weighted by Crippen LogP contribution is -2.35. The Bertz CT molecular complexity index is 467. The lowest BCUT2D eigenvalue weighted by atomic mass is 9.82. The summed E-state index contributed by atoms with van der Waals surface area (Å²) in [5, 5.41) is 10.4. The summed E-state index contributed by atoms with van der Waals surface area (Å²) < 4.78 is 11.2. The molecule has 0 radical (unpaired) electrons. The molecule has 0 saturated carbocycles. The van der Waals surface area contributed by atoms with Crippen molar-refractivity contribution >= 4 is 5.97 Å². The Hall–Kier alpha value is -1.13. The Kier molecular flexibility index (Phi) is 2.84. The van der Waals surface area contributed by atoms with E-state index in [4.69, 9.17) is 9.47 Å². The summed E-state index contributed by atoms with van der Waals surface area (Å²) in [6.07, 6.45) is 3.42. The zero-order chi connectivity index (χ0) is 13.8. The minimum absolute atomic E-state index is 0.109. The number of epoxide rings is 1. The molecule has 3 aliphatic rings. The minimum Gasteiger partial charge on any atom is -0.455 e. The number of aliphatic hydroxyl groups excluding tert-OH is 1. The van der Waals surface area contributed by atoms with Crippen molar-refractivity contribution in [3.63, 3.8) is 0 Å². The molecule has 1 aliphatic carbocycles. The van der Waals surface area contributed by atoms with Gasteiger partial charge in [-0.2, -0.15) is 0 Å². The molecule has 2 aliphatic heterocycles. The first kappa shape index (κ1) is 12.9. The first-order valence-corrected chi connectivity index (χ1v) is 6.84. The number of fused-ring (bicyclic) bond motifs is 3. The van der Waals surface area contributed by atoms with E-state index in [2.05, 4.69) is 12.7 Å². The van der Waals surface area contributed by atoms with Crippen LogP contribution in [0, 0.1) is 5.92 Å². The maximum atomic E-state index is 11.7. The van der Waals surface area contributed by atoms with Crippen LogP contribution in [0.4, 0.5) is 0 Å². The first-order chi connectivity index (χ1) is 8.92. The Morgan fingerprint density at radius 3 is 3.00 bits per heavy atom. The first-order valence-electron chi connectivity index (χ1n) is 6.84. The second-order valence-electron chi connectivity index (χ2n) is 6.13. The molecule has 0 aromatic heterocycles. The highest BCUT2D eigenvalue weighted by Crippen LogP contribution is 2.49. The maximum absolute atomic E-state index is 11.7. The fourth-order valence-corrected chi connectivity index (χ4v) is 3.33. The van der Waals surface area contributed by atoms with Crippen LogP contribution in [-0.4, -0.2) is 35.0 Å². The Balaban J connectivity index is 1.93. The van der Waals surface area contributed by atoms with Gasteiger partial charge in [0.15, 0.2) is 0 Å². The molecule has 4 nitrogen and oxygen atoms in total. The fourth-order valence-electron chi connectivity index (χ4n) is 3.33. The normalized spacial score (nSPS) is 48.7. The van der Waals surface area contributed by atoms with Crippen LogP contribution < -0.4 is 0 Å². The molecule has 0 aromatic carbocycles. The number of carbonyl (C=O) groups is 1. The Labute approximate surface area is 113 Å². The van der Waals surface area contributed by atoms with E-state index < -0.39 is 12.1 Å². The van der Waals surface area contributed by atoms with Crippen LogP contribution in [0.3, 0.4) is 0 Å². The smallest absolute Gasteiger partial charge is 0.334 e. The van der Waals surface area contributed by atoms with Crippen LogP contribution in [0.25, 0.3) is 0 Å². The van der Waals surface area contributed by atoms with Crippen molar-refractivity contribution in [3.8, 4) is 0 Å². The van der Waals surface area contributed by atoms with E-state index in [1.54, 1.807) is 0 Å². The molecule has 5 atom stereocenters. The van der Waals surface area contributed by atoms with Crippen LogP contribution in [0.5, 0.6) is 0 Å². The minimum atomic E-state index is -0.633. The van der Waals surface area contributed by atoms with E-state index in [0.29, 0.717) is 12.0 Å². The molecule has 4 heteroatoms. The number of ether oxygens (including phenoxy) is 2. The second kappa shape index (κ2) is 4.18. The van der Waals surface area contributed by atoms with Crippen molar-refractivity contribution < 1.29 is 19.4 Å². The van der Waals surface area contributed by atoms with E-state index in [9.17, 15) is 9.90 Å². The Morgan fingerprint density at radius 2 is 2.26 bits per heavy atom. The van der Waals surface area contributed by atoms with Gasteiger partial charge >= 0.3 is 5.97 Å². The van der Waals surface area contributed by atoms with Crippen LogP contribution in [0.15, 0.2) is 23.8 Å². The topological polar surface area (TPSA) is 59.1 Å². The van der Waals surface area contributed by atoms with Gasteiger partial charge in [0.1, 0.15) is 12.2 Å². The average Bonchev–Trinajstić information content (AvgIpc) is 2.89. The van der Waals surface area contributed by atoms with E-state index in [1.165, 1.54) is 0 Å². The molecule has 0 aromatic rings. The SMILES string of the molecule is C=C1C(=O)O[C@H]2[C@H]1[C@@H](O)C/C(C)=C/CC[C@@]1(C)O[C@@H]21. The van der Waals surface area contributed by atoms with Gasteiger partial charge in [0.25, 0.3) is 0 Å². The third-order valence-electron chi connectivity index (χ3n) is 4.58. The molecule has 2 heterocycles. The summed E-state index contributed by atoms with van der Waals surface area (Å²) in [4.78, 5) is 11.7. The summed E-state index contributed by atoms with van der Waals surface area (Å²) in [6.45, 7) is 7.84. The second-order valence-corrected chi connectivity index (χ2v) is 6.13. The molecule has 2 fully saturated rings. The fraction of sp³-hybridized carbons (Fsp3) is 0.667. The predicted octanol–water partition coefficient (Wildman–Crippen LogP) is 1.73. The molecule has 0 unspecified atom stereocenters. The quantitative estimate of drug-likeness (QED) is 0.313. The largest absolute Gasteiger partial charge is 0.455 e. The van der Waals surface area contributed by atoms with Crippen molar-refractivity contribution in [1.29, 1.82) is 0 Å². The molecule has 0 spiro atoms. The van der Waals surface area contributed by atoms with E-state index >= 15 is 0 Å². The van der Waals surface area contributed by atoms with Gasteiger partial charge < -0.3 is 14.6 Å².